The predicted octanol–water partition coefficient (Wildman–Crippen LogP) is -0.778. The molecule has 0 amide bonds. The molecule has 252 valence electrons. The lowest BCUT2D eigenvalue weighted by Gasteiger charge is -2.45. The van der Waals surface area contributed by atoms with Gasteiger partial charge >= 0.3 is 0 Å². The Hall–Kier alpha value is -3.71. The van der Waals surface area contributed by atoms with Crippen LogP contribution >= 0.6 is 0 Å². The van der Waals surface area contributed by atoms with Crippen LogP contribution in [0.3, 0.4) is 0 Å². The highest BCUT2D eigenvalue weighted by Gasteiger charge is 2.51. The Morgan fingerprint density at radius 2 is 1.48 bits per heavy atom. The molecular weight excluding hydrogens is 616 g/mol. The summed E-state index contributed by atoms with van der Waals surface area (Å²) in [6.07, 6.45) is -15.7. The highest BCUT2D eigenvalue weighted by atomic mass is 16.7. The van der Waals surface area contributed by atoms with Gasteiger partial charge in [0.1, 0.15) is 59.4 Å². The zero-order chi connectivity index (χ0) is 33.4. The lowest BCUT2D eigenvalue weighted by Crippen LogP contribution is -2.64. The van der Waals surface area contributed by atoms with Crippen LogP contribution in [0.25, 0.3) is 22.3 Å². The summed E-state index contributed by atoms with van der Waals surface area (Å²) in [5, 5.41) is 73.3. The number of rotatable bonds is 9. The Balaban J connectivity index is 1.52. The fourth-order valence-electron chi connectivity index (χ4n) is 5.40. The summed E-state index contributed by atoms with van der Waals surface area (Å²) in [6.45, 7) is 0.654. The smallest absolute Gasteiger partial charge is 0.239 e. The molecule has 0 radical (unpaired) electrons. The molecule has 10 atom stereocenters. The van der Waals surface area contributed by atoms with Crippen molar-refractivity contribution in [1.29, 1.82) is 0 Å². The van der Waals surface area contributed by atoms with Gasteiger partial charge in [-0.05, 0) is 31.2 Å². The van der Waals surface area contributed by atoms with E-state index in [0.29, 0.717) is 11.3 Å². The number of phenolic OH excluding ortho intramolecular Hbond substituents is 1. The molecule has 16 heteroatoms. The maximum absolute atomic E-state index is 13.5. The minimum absolute atomic E-state index is 0.0247. The third kappa shape index (κ3) is 5.94. The molecule has 0 aliphatic carbocycles. The minimum Gasteiger partial charge on any atom is -0.504 e. The van der Waals surface area contributed by atoms with Gasteiger partial charge in [-0.15, -0.1) is 0 Å². The molecule has 3 aromatic rings. The van der Waals surface area contributed by atoms with Gasteiger partial charge in [0, 0.05) is 11.6 Å². The van der Waals surface area contributed by atoms with Gasteiger partial charge in [-0.25, -0.2) is 0 Å². The Labute approximate surface area is 261 Å². The summed E-state index contributed by atoms with van der Waals surface area (Å²) in [5.74, 6) is -0.934. The molecular formula is C30H36O16. The standard InChI is InChI=1S/C30H36O16/c1-11-18(32)22(36)23(37)29(42-11)46-27-19(33)16(10-31)45-30(24(27)38)44-15-9-14-17(20(34)26(15)40-3)21(35)28(41-4)25(43-14)12-5-7-13(39-2)8-6-12/h5-9,11,16,18-19,22-24,27,29-34,36-38H,10H2,1-4H3/t11-,16-,18+,19-,22+,23+,24-,27+,29-,30-/m1/s1. The van der Waals surface area contributed by atoms with E-state index >= 15 is 0 Å². The van der Waals surface area contributed by atoms with Crippen molar-refractivity contribution in [3.63, 3.8) is 0 Å². The number of methoxy groups -OCH3 is 3. The molecule has 2 aliphatic rings. The van der Waals surface area contributed by atoms with Crippen molar-refractivity contribution >= 4 is 11.0 Å². The molecule has 2 aromatic carbocycles. The van der Waals surface area contributed by atoms with Gasteiger partial charge in [0.05, 0.1) is 34.0 Å². The first-order chi connectivity index (χ1) is 21.9. The molecule has 5 rings (SSSR count). The van der Waals surface area contributed by atoms with Crippen molar-refractivity contribution < 1.29 is 73.3 Å². The van der Waals surface area contributed by atoms with Gasteiger partial charge in [0.15, 0.2) is 23.5 Å². The molecule has 0 saturated carbocycles. The molecule has 0 spiro atoms. The van der Waals surface area contributed by atoms with Crippen LogP contribution in [0, 0.1) is 0 Å². The largest absolute Gasteiger partial charge is 0.504 e. The Bertz CT molecular complexity index is 1570. The van der Waals surface area contributed by atoms with Gasteiger partial charge < -0.3 is 73.3 Å². The van der Waals surface area contributed by atoms with Crippen LogP contribution in [0.5, 0.6) is 28.7 Å². The van der Waals surface area contributed by atoms with E-state index in [1.807, 2.05) is 0 Å². The topological polar surface area (TPSA) is 236 Å². The van der Waals surface area contributed by atoms with Crippen molar-refractivity contribution in [2.45, 2.75) is 68.3 Å². The molecule has 2 saturated heterocycles. The highest BCUT2D eigenvalue weighted by Crippen LogP contribution is 2.45. The summed E-state index contributed by atoms with van der Waals surface area (Å²) < 4.78 is 44.4. The molecule has 0 unspecified atom stereocenters. The van der Waals surface area contributed by atoms with Crippen molar-refractivity contribution in [2.75, 3.05) is 27.9 Å². The van der Waals surface area contributed by atoms with Crippen LogP contribution in [0.15, 0.2) is 39.5 Å². The Morgan fingerprint density at radius 1 is 0.804 bits per heavy atom. The van der Waals surface area contributed by atoms with Crippen molar-refractivity contribution in [3.8, 4) is 40.1 Å². The van der Waals surface area contributed by atoms with Crippen molar-refractivity contribution in [2.24, 2.45) is 0 Å². The number of aromatic hydroxyl groups is 1. The molecule has 7 N–H and O–H groups in total. The average Bonchev–Trinajstić information content (AvgIpc) is 3.05. The number of aliphatic hydroxyl groups is 6. The fraction of sp³-hybridized carbons (Fsp3) is 0.500. The van der Waals surface area contributed by atoms with Crippen molar-refractivity contribution in [3.05, 3.63) is 40.6 Å². The first-order valence-electron chi connectivity index (χ1n) is 14.2. The van der Waals surface area contributed by atoms with Gasteiger partial charge in [0.2, 0.25) is 23.2 Å². The molecule has 2 aliphatic heterocycles. The minimum atomic E-state index is -1.84. The van der Waals surface area contributed by atoms with Crippen LogP contribution < -0.4 is 24.4 Å². The second kappa shape index (κ2) is 13.6. The molecule has 0 bridgehead atoms. The van der Waals surface area contributed by atoms with E-state index in [0.717, 1.165) is 0 Å². The summed E-state index contributed by atoms with van der Waals surface area (Å²) >= 11 is 0. The van der Waals surface area contributed by atoms with Crippen molar-refractivity contribution in [1.82, 2.24) is 0 Å². The number of fused-ring (bicyclic) bond motifs is 1. The third-order valence-corrected chi connectivity index (χ3v) is 7.96. The number of benzene rings is 2. The highest BCUT2D eigenvalue weighted by molar-refractivity contribution is 5.91. The number of ether oxygens (including phenoxy) is 7. The van der Waals surface area contributed by atoms with E-state index in [2.05, 4.69) is 0 Å². The summed E-state index contributed by atoms with van der Waals surface area (Å²) in [6, 6.07) is 7.76. The zero-order valence-corrected chi connectivity index (χ0v) is 25.2. The van der Waals surface area contributed by atoms with Gasteiger partial charge in [-0.3, -0.25) is 4.79 Å². The Kier molecular flexibility index (Phi) is 9.92. The lowest BCUT2D eigenvalue weighted by molar-refractivity contribution is -0.349. The van der Waals surface area contributed by atoms with E-state index in [4.69, 9.17) is 37.6 Å². The van der Waals surface area contributed by atoms with E-state index < -0.39 is 79.2 Å². The number of hydrogen-bond acceptors (Lipinski definition) is 16. The van der Waals surface area contributed by atoms with Crippen LogP contribution in [-0.4, -0.2) is 125 Å². The van der Waals surface area contributed by atoms with Crippen LogP contribution in [0.1, 0.15) is 6.92 Å². The van der Waals surface area contributed by atoms with Gasteiger partial charge in [-0.1, -0.05) is 0 Å². The second-order valence-electron chi connectivity index (χ2n) is 10.8. The van der Waals surface area contributed by atoms with Crippen LogP contribution in [0.2, 0.25) is 0 Å². The first kappa shape index (κ1) is 33.6. The zero-order valence-electron chi connectivity index (χ0n) is 25.2. The number of hydrogen-bond donors (Lipinski definition) is 7. The Morgan fingerprint density at radius 3 is 2.09 bits per heavy atom. The SMILES string of the molecule is COc1ccc(-c2oc3cc(O[C@@H]4O[C@H](CO)[C@@H](O)[C@H](O[C@H]5O[C@H](C)[C@H](O)[C@H](O)[C@@H]5O)[C@H]4O)c(OC)c(O)c3c(=O)c2OC)cc1. The fourth-order valence-corrected chi connectivity index (χ4v) is 5.40. The van der Waals surface area contributed by atoms with Crippen LogP contribution in [0.4, 0.5) is 0 Å². The predicted molar refractivity (Wildman–Crippen MR) is 155 cm³/mol. The molecule has 3 heterocycles. The normalized spacial score (nSPS) is 31.4. The van der Waals surface area contributed by atoms with Crippen LogP contribution in [-0.2, 0) is 14.2 Å². The number of aliphatic hydroxyl groups excluding tert-OH is 6. The summed E-state index contributed by atoms with van der Waals surface area (Å²) in [5.41, 5.74) is -0.448. The van der Waals surface area contributed by atoms with E-state index in [9.17, 15) is 40.5 Å². The maximum Gasteiger partial charge on any atom is 0.239 e. The summed E-state index contributed by atoms with van der Waals surface area (Å²) in [4.78, 5) is 13.5. The molecule has 2 fully saturated rings. The maximum atomic E-state index is 13.5. The number of phenols is 1. The van der Waals surface area contributed by atoms with E-state index in [1.165, 1.54) is 34.3 Å². The average molecular weight is 653 g/mol. The molecule has 1 aromatic heterocycles. The van der Waals surface area contributed by atoms with Gasteiger partial charge in [0.25, 0.3) is 0 Å². The quantitative estimate of drug-likeness (QED) is 0.150. The van der Waals surface area contributed by atoms with E-state index in [-0.39, 0.29) is 34.0 Å². The summed E-state index contributed by atoms with van der Waals surface area (Å²) in [7, 11) is 3.95. The monoisotopic (exact) mass is 652 g/mol. The lowest BCUT2D eigenvalue weighted by atomic mass is 9.97. The third-order valence-electron chi connectivity index (χ3n) is 7.96. The molecule has 46 heavy (non-hydrogen) atoms. The first-order valence-corrected chi connectivity index (χ1v) is 14.2. The molecule has 16 nitrogen and oxygen atoms in total. The van der Waals surface area contributed by atoms with E-state index in [1.54, 1.807) is 24.3 Å². The van der Waals surface area contributed by atoms with Gasteiger partial charge in [-0.2, -0.15) is 0 Å². The second-order valence-corrected chi connectivity index (χ2v) is 10.8.